The first kappa shape index (κ1) is 18.7. The molecule has 0 unspecified atom stereocenters. The Morgan fingerprint density at radius 1 is 1.26 bits per heavy atom. The van der Waals surface area contributed by atoms with E-state index in [1.165, 1.54) is 11.3 Å². The lowest BCUT2D eigenvalue weighted by atomic mass is 10.3. The molecule has 0 aliphatic rings. The van der Waals surface area contributed by atoms with E-state index in [2.05, 4.69) is 37.5 Å². The summed E-state index contributed by atoms with van der Waals surface area (Å²) in [5, 5.41) is 17.4. The minimum Gasteiger partial charge on any atom is -0.465 e. The van der Waals surface area contributed by atoms with Crippen LogP contribution in [0.15, 0.2) is 43.1 Å². The van der Waals surface area contributed by atoms with E-state index in [4.69, 9.17) is 17.3 Å². The number of aromatic nitrogens is 3. The molecule has 8 nitrogen and oxygen atoms in total. The number of hydrogen-bond donors (Lipinski definition) is 4. The number of thiophene rings is 1. The van der Waals surface area contributed by atoms with Crippen molar-refractivity contribution >= 4 is 51.7 Å². The van der Waals surface area contributed by atoms with Gasteiger partial charge in [-0.25, -0.2) is 14.8 Å². The number of carboxylic acid groups (broad SMARTS) is 1. The van der Waals surface area contributed by atoms with Gasteiger partial charge < -0.3 is 21.1 Å². The van der Waals surface area contributed by atoms with Crippen LogP contribution in [0.3, 0.4) is 0 Å². The molecule has 138 valence electrons. The van der Waals surface area contributed by atoms with Crippen LogP contribution < -0.4 is 16.0 Å². The molecule has 0 saturated carbocycles. The Kier molecular flexibility index (Phi) is 5.89. The molecular weight excluding hydrogens is 384 g/mol. The summed E-state index contributed by atoms with van der Waals surface area (Å²) in [6.45, 7) is 4.43. The molecule has 3 aromatic rings. The molecule has 3 heterocycles. The fraction of sp³-hybridized carbons (Fsp3) is 0.118. The highest BCUT2D eigenvalue weighted by molar-refractivity contribution is 7.80. The van der Waals surface area contributed by atoms with Crippen molar-refractivity contribution in [3.8, 4) is 10.6 Å². The molecule has 1 amide bonds. The zero-order valence-corrected chi connectivity index (χ0v) is 15.7. The second kappa shape index (κ2) is 8.52. The second-order valence-electron chi connectivity index (χ2n) is 5.34. The van der Waals surface area contributed by atoms with Gasteiger partial charge >= 0.3 is 6.09 Å². The highest BCUT2D eigenvalue weighted by atomic mass is 32.1. The number of amides is 1. The molecule has 3 rings (SSSR count). The number of carbonyl (C=O) groups is 1. The van der Waals surface area contributed by atoms with Gasteiger partial charge in [-0.3, -0.25) is 4.98 Å². The summed E-state index contributed by atoms with van der Waals surface area (Å²) >= 11 is 6.63. The Balaban J connectivity index is 1.80. The lowest BCUT2D eigenvalue weighted by molar-refractivity contribution is 0.194. The summed E-state index contributed by atoms with van der Waals surface area (Å²) in [5.74, 6) is 0.563. The van der Waals surface area contributed by atoms with Crippen LogP contribution in [-0.4, -0.2) is 37.8 Å². The number of anilines is 1. The zero-order valence-electron chi connectivity index (χ0n) is 14.1. The summed E-state index contributed by atoms with van der Waals surface area (Å²) in [5.41, 5.74) is 1.83. The molecule has 0 aromatic carbocycles. The quantitative estimate of drug-likeness (QED) is 0.369. The smallest absolute Gasteiger partial charge is 0.404 e. The van der Waals surface area contributed by atoms with Crippen molar-refractivity contribution in [2.45, 2.75) is 6.54 Å². The Morgan fingerprint density at radius 3 is 2.89 bits per heavy atom. The van der Waals surface area contributed by atoms with Gasteiger partial charge in [-0.1, -0.05) is 6.08 Å². The maximum absolute atomic E-state index is 10.6. The molecule has 10 heteroatoms. The van der Waals surface area contributed by atoms with Gasteiger partial charge in [0.2, 0.25) is 0 Å². The van der Waals surface area contributed by atoms with Crippen molar-refractivity contribution in [1.82, 2.24) is 25.6 Å². The van der Waals surface area contributed by atoms with Crippen molar-refractivity contribution in [1.29, 1.82) is 0 Å². The van der Waals surface area contributed by atoms with E-state index in [0.717, 1.165) is 9.75 Å². The molecule has 0 aliphatic carbocycles. The van der Waals surface area contributed by atoms with Crippen LogP contribution in [0.25, 0.3) is 21.7 Å². The highest BCUT2D eigenvalue weighted by Crippen LogP contribution is 2.27. The van der Waals surface area contributed by atoms with E-state index in [9.17, 15) is 4.79 Å². The summed E-state index contributed by atoms with van der Waals surface area (Å²) in [4.78, 5) is 25.8. The summed E-state index contributed by atoms with van der Waals surface area (Å²) in [6.07, 6.45) is 2.33. The minimum absolute atomic E-state index is 0.252. The van der Waals surface area contributed by atoms with Gasteiger partial charge in [0.25, 0.3) is 0 Å². The predicted molar refractivity (Wildman–Crippen MR) is 110 cm³/mol. The van der Waals surface area contributed by atoms with Crippen LogP contribution in [0.5, 0.6) is 0 Å². The van der Waals surface area contributed by atoms with E-state index in [1.54, 1.807) is 18.3 Å². The zero-order chi connectivity index (χ0) is 19.2. The lowest BCUT2D eigenvalue weighted by Gasteiger charge is -2.08. The monoisotopic (exact) mass is 400 g/mol. The number of rotatable bonds is 6. The van der Waals surface area contributed by atoms with Gasteiger partial charge in [-0.05, 0) is 36.5 Å². The Labute approximate surface area is 164 Å². The molecule has 0 atom stereocenters. The number of nitrogens with zero attached hydrogens (tertiary/aromatic N) is 3. The SMILES string of the molecule is C=CCNC(=S)Nc1ccc2ncc(-c3ccc(CNC(=O)O)s3)nc2n1. The van der Waals surface area contributed by atoms with Gasteiger partial charge in [0.15, 0.2) is 10.8 Å². The van der Waals surface area contributed by atoms with Crippen LogP contribution >= 0.6 is 23.6 Å². The minimum atomic E-state index is -1.06. The fourth-order valence-corrected chi connectivity index (χ4v) is 3.27. The first-order valence-corrected chi connectivity index (χ1v) is 9.13. The van der Waals surface area contributed by atoms with Gasteiger partial charge in [0, 0.05) is 11.4 Å². The number of fused-ring (bicyclic) bond motifs is 1. The van der Waals surface area contributed by atoms with Gasteiger partial charge in [0.05, 0.1) is 17.6 Å². The summed E-state index contributed by atoms with van der Waals surface area (Å²) in [7, 11) is 0. The third kappa shape index (κ3) is 4.96. The van der Waals surface area contributed by atoms with Crippen LogP contribution in [0.1, 0.15) is 4.88 Å². The maximum atomic E-state index is 10.6. The van der Waals surface area contributed by atoms with E-state index < -0.39 is 6.09 Å². The van der Waals surface area contributed by atoms with Crippen LogP contribution in [0, 0.1) is 0 Å². The average molecular weight is 400 g/mol. The van der Waals surface area contributed by atoms with Crippen LogP contribution in [0.2, 0.25) is 0 Å². The first-order valence-electron chi connectivity index (χ1n) is 7.90. The molecule has 0 bridgehead atoms. The van der Waals surface area contributed by atoms with Crippen molar-refractivity contribution in [2.75, 3.05) is 11.9 Å². The van der Waals surface area contributed by atoms with E-state index in [-0.39, 0.29) is 6.54 Å². The van der Waals surface area contributed by atoms with E-state index >= 15 is 0 Å². The number of pyridine rings is 1. The van der Waals surface area contributed by atoms with E-state index in [0.29, 0.717) is 34.3 Å². The van der Waals surface area contributed by atoms with Gasteiger partial charge in [-0.15, -0.1) is 17.9 Å². The number of thiocarbonyl (C=S) groups is 1. The Hall–Kier alpha value is -3.11. The van der Waals surface area contributed by atoms with Crippen molar-refractivity contribution in [3.05, 3.63) is 48.0 Å². The van der Waals surface area contributed by atoms with Crippen LogP contribution in [0.4, 0.5) is 10.6 Å². The second-order valence-corrected chi connectivity index (χ2v) is 6.92. The Morgan fingerprint density at radius 2 is 2.11 bits per heavy atom. The normalized spacial score (nSPS) is 10.4. The van der Waals surface area contributed by atoms with Gasteiger partial charge in [0.1, 0.15) is 17.0 Å². The molecule has 0 fully saturated rings. The third-order valence-electron chi connectivity index (χ3n) is 3.38. The maximum Gasteiger partial charge on any atom is 0.404 e. The molecule has 3 aromatic heterocycles. The van der Waals surface area contributed by atoms with Crippen molar-refractivity contribution in [2.24, 2.45) is 0 Å². The molecule has 27 heavy (non-hydrogen) atoms. The standard InChI is InChI=1S/C17H16N6O2S2/c1-2-7-18-16(26)23-14-6-4-11-15(22-14)21-12(9-19-11)13-5-3-10(27-13)8-20-17(24)25/h2-6,9,20H,1,7-8H2,(H,24,25)(H2,18,21,22,23,26). The lowest BCUT2D eigenvalue weighted by Crippen LogP contribution is -2.28. The molecule has 0 spiro atoms. The topological polar surface area (TPSA) is 112 Å². The summed E-state index contributed by atoms with van der Waals surface area (Å²) in [6, 6.07) is 7.33. The number of nitrogens with one attached hydrogen (secondary N) is 3. The number of hydrogen-bond acceptors (Lipinski definition) is 6. The molecule has 0 aliphatic heterocycles. The molecule has 4 N–H and O–H groups in total. The van der Waals surface area contributed by atoms with Gasteiger partial charge in [-0.2, -0.15) is 0 Å². The fourth-order valence-electron chi connectivity index (χ4n) is 2.18. The third-order valence-corrected chi connectivity index (χ3v) is 4.74. The molecule has 0 radical (unpaired) electrons. The van der Waals surface area contributed by atoms with E-state index in [1.807, 2.05) is 18.2 Å². The highest BCUT2D eigenvalue weighted by Gasteiger charge is 2.09. The summed E-state index contributed by atoms with van der Waals surface area (Å²) < 4.78 is 0. The molecule has 0 saturated heterocycles. The average Bonchev–Trinajstić information content (AvgIpc) is 3.13. The van der Waals surface area contributed by atoms with Crippen molar-refractivity contribution < 1.29 is 9.90 Å². The molecular formula is C17H16N6O2S2. The van der Waals surface area contributed by atoms with Crippen LogP contribution in [-0.2, 0) is 6.54 Å². The van der Waals surface area contributed by atoms with Crippen molar-refractivity contribution in [3.63, 3.8) is 0 Å². The first-order chi connectivity index (χ1) is 13.0. The Bertz CT molecular complexity index is 1000. The largest absolute Gasteiger partial charge is 0.465 e. The predicted octanol–water partition coefficient (Wildman–Crippen LogP) is 2.99.